The molecule has 41 heavy (non-hydrogen) atoms. The molecule has 0 aliphatic rings. The Bertz CT molecular complexity index is 1460. The Morgan fingerprint density at radius 3 is 1.95 bits per heavy atom. The van der Waals surface area contributed by atoms with Crippen LogP contribution >= 0.6 is 11.6 Å². The second-order valence-corrected chi connectivity index (χ2v) is 8.66. The standard InChI is InChI=1S/C25H15ClF10N2O3/c1-11-5-2-3-6-13(11)20(39)37-16-8-4-7-14(18(16)27)21(40)38-19-15(26)9-12(10-17(19)41-22(28)29)23(30,24(31,32)33)25(34,35)36/h2-10,22H,1H3,(H,37,39)(H,38,40). The molecule has 0 saturated carbocycles. The molecule has 0 aliphatic heterocycles. The summed E-state index contributed by atoms with van der Waals surface area (Å²) in [7, 11) is 0. The van der Waals surface area contributed by atoms with Gasteiger partial charge in [-0.2, -0.15) is 35.1 Å². The van der Waals surface area contributed by atoms with Crippen LogP contribution in [-0.4, -0.2) is 30.8 Å². The highest BCUT2D eigenvalue weighted by atomic mass is 35.5. The number of carbonyl (C=O) groups excluding carboxylic acids is 2. The van der Waals surface area contributed by atoms with Gasteiger partial charge in [-0.1, -0.05) is 35.9 Å². The van der Waals surface area contributed by atoms with Crippen LogP contribution in [0, 0.1) is 12.7 Å². The van der Waals surface area contributed by atoms with Crippen molar-refractivity contribution in [1.82, 2.24) is 0 Å². The zero-order valence-electron chi connectivity index (χ0n) is 20.2. The fourth-order valence-corrected chi connectivity index (χ4v) is 3.84. The van der Waals surface area contributed by atoms with Gasteiger partial charge in [0.05, 0.1) is 16.3 Å². The molecule has 3 aromatic carbocycles. The van der Waals surface area contributed by atoms with Gasteiger partial charge in [-0.05, 0) is 42.8 Å². The Balaban J connectivity index is 2.02. The third-order valence-electron chi connectivity index (χ3n) is 5.57. The first-order valence-corrected chi connectivity index (χ1v) is 11.3. The average molecular weight is 617 g/mol. The Labute approximate surface area is 229 Å². The molecule has 0 fully saturated rings. The minimum atomic E-state index is -6.62. The lowest BCUT2D eigenvalue weighted by Gasteiger charge is -2.31. The molecule has 0 aromatic heterocycles. The van der Waals surface area contributed by atoms with Crippen molar-refractivity contribution in [3.8, 4) is 5.75 Å². The Hall–Kier alpha value is -4.01. The lowest BCUT2D eigenvalue weighted by molar-refractivity contribution is -0.348. The van der Waals surface area contributed by atoms with Crippen molar-refractivity contribution in [2.75, 3.05) is 10.6 Å². The van der Waals surface area contributed by atoms with Crippen molar-refractivity contribution in [2.24, 2.45) is 0 Å². The van der Waals surface area contributed by atoms with Crippen molar-refractivity contribution in [1.29, 1.82) is 0 Å². The Morgan fingerprint density at radius 1 is 0.829 bits per heavy atom. The van der Waals surface area contributed by atoms with Crippen molar-refractivity contribution >= 4 is 34.8 Å². The summed E-state index contributed by atoms with van der Waals surface area (Å²) in [4.78, 5) is 25.3. The molecule has 0 radical (unpaired) electrons. The number of carbonyl (C=O) groups is 2. The first-order chi connectivity index (χ1) is 18.9. The summed E-state index contributed by atoms with van der Waals surface area (Å²) < 4.78 is 139. The molecular formula is C25H15ClF10N2O3. The van der Waals surface area contributed by atoms with Gasteiger partial charge in [0.25, 0.3) is 11.8 Å². The van der Waals surface area contributed by atoms with Crippen LogP contribution in [0.1, 0.15) is 31.8 Å². The molecule has 0 atom stereocenters. The molecule has 5 nitrogen and oxygen atoms in total. The molecule has 0 aliphatic carbocycles. The van der Waals surface area contributed by atoms with Crippen LogP contribution in [0.3, 0.4) is 0 Å². The van der Waals surface area contributed by atoms with Gasteiger partial charge in [-0.15, -0.1) is 0 Å². The molecule has 220 valence electrons. The normalized spacial score (nSPS) is 12.3. The number of anilines is 2. The van der Waals surface area contributed by atoms with Crippen LogP contribution in [0.15, 0.2) is 54.6 Å². The number of rotatable bonds is 7. The van der Waals surface area contributed by atoms with Gasteiger partial charge >= 0.3 is 24.6 Å². The summed E-state index contributed by atoms with van der Waals surface area (Å²) in [6.07, 6.45) is -13.2. The molecule has 2 N–H and O–H groups in total. The monoisotopic (exact) mass is 616 g/mol. The minimum Gasteiger partial charge on any atom is -0.433 e. The van der Waals surface area contributed by atoms with Crippen LogP contribution in [0.2, 0.25) is 5.02 Å². The summed E-state index contributed by atoms with van der Waals surface area (Å²) >= 11 is 5.69. The van der Waals surface area contributed by atoms with Gasteiger partial charge in [0.15, 0.2) is 11.6 Å². The largest absolute Gasteiger partial charge is 0.435 e. The molecule has 3 rings (SSSR count). The molecule has 16 heteroatoms. The van der Waals surface area contributed by atoms with E-state index in [0.29, 0.717) is 5.56 Å². The van der Waals surface area contributed by atoms with E-state index in [2.05, 4.69) is 10.1 Å². The van der Waals surface area contributed by atoms with E-state index in [0.717, 1.165) is 18.2 Å². The highest BCUT2D eigenvalue weighted by Crippen LogP contribution is 2.55. The van der Waals surface area contributed by atoms with E-state index < -0.39 is 75.5 Å². The maximum absolute atomic E-state index is 15.1. The van der Waals surface area contributed by atoms with Gasteiger partial charge in [0, 0.05) is 11.1 Å². The van der Waals surface area contributed by atoms with E-state index in [1.54, 1.807) is 24.4 Å². The number of hydrogen-bond acceptors (Lipinski definition) is 3. The topological polar surface area (TPSA) is 67.4 Å². The van der Waals surface area contributed by atoms with Crippen molar-refractivity contribution in [3.05, 3.63) is 87.7 Å². The number of hydrogen-bond donors (Lipinski definition) is 2. The van der Waals surface area contributed by atoms with Crippen LogP contribution < -0.4 is 15.4 Å². The fourth-order valence-electron chi connectivity index (χ4n) is 3.58. The fraction of sp³-hybridized carbons (Fsp3) is 0.200. The van der Waals surface area contributed by atoms with Crippen molar-refractivity contribution in [2.45, 2.75) is 31.6 Å². The molecule has 0 unspecified atom stereocenters. The lowest BCUT2D eigenvalue weighted by Crippen LogP contribution is -2.50. The van der Waals surface area contributed by atoms with E-state index >= 15 is 4.39 Å². The van der Waals surface area contributed by atoms with E-state index in [9.17, 15) is 49.1 Å². The summed E-state index contributed by atoms with van der Waals surface area (Å²) in [6.45, 7) is -2.29. The highest BCUT2D eigenvalue weighted by molar-refractivity contribution is 6.34. The average Bonchev–Trinajstić information content (AvgIpc) is 2.85. The van der Waals surface area contributed by atoms with Gasteiger partial charge < -0.3 is 15.4 Å². The van der Waals surface area contributed by atoms with Crippen LogP contribution in [0.5, 0.6) is 5.75 Å². The zero-order valence-corrected chi connectivity index (χ0v) is 20.9. The number of ether oxygens (including phenoxy) is 1. The number of aryl methyl sites for hydroxylation is 1. The van der Waals surface area contributed by atoms with E-state index in [1.807, 2.05) is 0 Å². The van der Waals surface area contributed by atoms with Gasteiger partial charge in [-0.3, -0.25) is 9.59 Å². The second kappa shape index (κ2) is 11.5. The quantitative estimate of drug-likeness (QED) is 0.263. The maximum atomic E-state index is 15.1. The first kappa shape index (κ1) is 31.5. The number of benzene rings is 3. The predicted molar refractivity (Wildman–Crippen MR) is 126 cm³/mol. The molecule has 0 spiro atoms. The molecular weight excluding hydrogens is 602 g/mol. The molecule has 3 aromatic rings. The molecule has 2 amide bonds. The van der Waals surface area contributed by atoms with Gasteiger partial charge in [0.1, 0.15) is 5.69 Å². The van der Waals surface area contributed by atoms with Crippen LogP contribution in [-0.2, 0) is 5.67 Å². The summed E-state index contributed by atoms with van der Waals surface area (Å²) in [6, 6.07) is 8.63. The summed E-state index contributed by atoms with van der Waals surface area (Å²) in [5.74, 6) is -5.21. The number of alkyl halides is 9. The van der Waals surface area contributed by atoms with Crippen LogP contribution in [0.4, 0.5) is 55.3 Å². The summed E-state index contributed by atoms with van der Waals surface area (Å²) in [5.41, 5.74) is -10.2. The minimum absolute atomic E-state index is 0.157. The SMILES string of the molecule is Cc1ccccc1C(=O)Nc1cccc(C(=O)Nc2c(Cl)cc(C(F)(C(F)(F)F)C(F)(F)F)cc2OC(F)F)c1F. The Morgan fingerprint density at radius 2 is 1.39 bits per heavy atom. The van der Waals surface area contributed by atoms with Gasteiger partial charge in [0.2, 0.25) is 0 Å². The van der Waals surface area contributed by atoms with E-state index in [1.165, 1.54) is 12.1 Å². The molecule has 0 saturated heterocycles. The van der Waals surface area contributed by atoms with Crippen molar-refractivity contribution in [3.63, 3.8) is 0 Å². The van der Waals surface area contributed by atoms with Crippen molar-refractivity contribution < 1.29 is 58.2 Å². The second-order valence-electron chi connectivity index (χ2n) is 8.25. The number of amides is 2. The zero-order chi connectivity index (χ0) is 30.9. The smallest absolute Gasteiger partial charge is 0.433 e. The highest BCUT2D eigenvalue weighted by Gasteiger charge is 2.73. The van der Waals surface area contributed by atoms with E-state index in [-0.39, 0.29) is 17.7 Å². The third kappa shape index (κ3) is 6.34. The maximum Gasteiger partial charge on any atom is 0.435 e. The van der Waals surface area contributed by atoms with Gasteiger partial charge in [-0.25, -0.2) is 8.78 Å². The number of nitrogens with one attached hydrogen (secondary N) is 2. The Kier molecular flexibility index (Phi) is 8.81. The van der Waals surface area contributed by atoms with Crippen LogP contribution in [0.25, 0.3) is 0 Å². The lowest BCUT2D eigenvalue weighted by atomic mass is 9.93. The molecule has 0 heterocycles. The summed E-state index contributed by atoms with van der Waals surface area (Å²) in [5, 5.41) is 2.70. The molecule has 0 bridgehead atoms. The third-order valence-corrected chi connectivity index (χ3v) is 5.87. The number of halogens is 11. The first-order valence-electron chi connectivity index (χ1n) is 11.0. The van der Waals surface area contributed by atoms with E-state index in [4.69, 9.17) is 11.6 Å². The predicted octanol–water partition coefficient (Wildman–Crippen LogP) is 8.18.